The van der Waals surface area contributed by atoms with Gasteiger partial charge in [-0.25, -0.2) is 9.97 Å². The predicted octanol–water partition coefficient (Wildman–Crippen LogP) is 1.78. The highest BCUT2D eigenvalue weighted by Gasteiger charge is 2.08. The third kappa shape index (κ3) is 4.36. The Kier molecular flexibility index (Phi) is 5.00. The quantitative estimate of drug-likeness (QED) is 0.909. The lowest BCUT2D eigenvalue weighted by atomic mass is 10.1. The Bertz CT molecular complexity index is 608. The molecule has 0 aliphatic heterocycles. The summed E-state index contributed by atoms with van der Waals surface area (Å²) < 4.78 is 0. The molecule has 0 spiro atoms. The minimum absolute atomic E-state index is 0.158. The fourth-order valence-electron chi connectivity index (χ4n) is 2.01. The Morgan fingerprint density at radius 3 is 2.38 bits per heavy atom. The maximum Gasteiger partial charge on any atom is 0.254 e. The van der Waals surface area contributed by atoms with Crippen LogP contribution in [0.3, 0.4) is 0 Å². The highest BCUT2D eigenvalue weighted by molar-refractivity contribution is 5.93. The van der Waals surface area contributed by atoms with Crippen molar-refractivity contribution in [1.82, 2.24) is 20.2 Å². The number of carbonyl (C=O) groups is 1. The first-order valence-electron chi connectivity index (χ1n) is 6.84. The summed E-state index contributed by atoms with van der Waals surface area (Å²) in [5.74, 6) is 0.498. The van der Waals surface area contributed by atoms with Crippen LogP contribution in [0, 0.1) is 6.92 Å². The van der Waals surface area contributed by atoms with Gasteiger partial charge < -0.3 is 10.2 Å². The van der Waals surface area contributed by atoms with Crippen LogP contribution in [0.1, 0.15) is 27.3 Å². The van der Waals surface area contributed by atoms with Crippen LogP contribution >= 0.6 is 0 Å². The fraction of sp³-hybridized carbons (Fsp3) is 0.312. The molecule has 5 heteroatoms. The summed E-state index contributed by atoms with van der Waals surface area (Å²) in [4.78, 5) is 22.2. The maximum absolute atomic E-state index is 12.1. The molecule has 0 fully saturated rings. The van der Waals surface area contributed by atoms with Gasteiger partial charge in [0, 0.05) is 25.5 Å². The number of nitrogens with zero attached hydrogens (tertiary/aromatic N) is 3. The second kappa shape index (κ2) is 6.95. The maximum atomic E-state index is 12.1. The fourth-order valence-corrected chi connectivity index (χ4v) is 2.01. The van der Waals surface area contributed by atoms with E-state index in [2.05, 4.69) is 26.3 Å². The zero-order valence-electron chi connectivity index (χ0n) is 12.6. The molecule has 2 rings (SSSR count). The summed E-state index contributed by atoms with van der Waals surface area (Å²) >= 11 is 0. The number of hydrogen-bond acceptors (Lipinski definition) is 4. The third-order valence-corrected chi connectivity index (χ3v) is 3.09. The minimum Gasteiger partial charge on any atom is -0.348 e. The van der Waals surface area contributed by atoms with Crippen LogP contribution in [-0.4, -0.2) is 34.9 Å². The molecule has 2 aromatic rings. The number of aryl methyl sites for hydroxylation is 1. The first-order valence-corrected chi connectivity index (χ1v) is 6.84. The number of benzene rings is 1. The molecule has 1 aromatic carbocycles. The van der Waals surface area contributed by atoms with E-state index in [1.54, 1.807) is 19.3 Å². The molecule has 1 amide bonds. The molecule has 1 heterocycles. The Labute approximate surface area is 125 Å². The smallest absolute Gasteiger partial charge is 0.254 e. The standard InChI is InChI=1S/C16H20N4O/c1-12-17-9-15(10-18-12)16(21)19-8-13-6-4-5-7-14(13)11-20(2)3/h4-7,9-10H,8,11H2,1-3H3,(H,19,21). The van der Waals surface area contributed by atoms with Crippen LogP contribution in [0.5, 0.6) is 0 Å². The van der Waals surface area contributed by atoms with E-state index in [-0.39, 0.29) is 5.91 Å². The monoisotopic (exact) mass is 284 g/mol. The zero-order chi connectivity index (χ0) is 15.2. The lowest BCUT2D eigenvalue weighted by Gasteiger charge is -2.14. The highest BCUT2D eigenvalue weighted by Crippen LogP contribution is 2.10. The van der Waals surface area contributed by atoms with Crippen molar-refractivity contribution >= 4 is 5.91 Å². The molecule has 21 heavy (non-hydrogen) atoms. The van der Waals surface area contributed by atoms with Crippen molar-refractivity contribution in [3.05, 3.63) is 59.2 Å². The molecule has 1 N–H and O–H groups in total. The molecule has 0 radical (unpaired) electrons. The molecule has 0 bridgehead atoms. The molecule has 110 valence electrons. The van der Waals surface area contributed by atoms with Crippen molar-refractivity contribution in [1.29, 1.82) is 0 Å². The van der Waals surface area contributed by atoms with Crippen LogP contribution < -0.4 is 5.32 Å². The lowest BCUT2D eigenvalue weighted by Crippen LogP contribution is -2.24. The summed E-state index contributed by atoms with van der Waals surface area (Å²) in [7, 11) is 4.05. The second-order valence-electron chi connectivity index (χ2n) is 5.21. The lowest BCUT2D eigenvalue weighted by molar-refractivity contribution is 0.0950. The Balaban J connectivity index is 2.02. The number of nitrogens with one attached hydrogen (secondary N) is 1. The van der Waals surface area contributed by atoms with Gasteiger partial charge in [0.2, 0.25) is 0 Å². The molecule has 0 atom stereocenters. The summed E-state index contributed by atoms with van der Waals surface area (Å²) in [6.07, 6.45) is 3.09. The van der Waals surface area contributed by atoms with E-state index in [0.717, 1.165) is 12.1 Å². The molecule has 5 nitrogen and oxygen atoms in total. The van der Waals surface area contributed by atoms with Gasteiger partial charge in [0.1, 0.15) is 5.82 Å². The Morgan fingerprint density at radius 1 is 1.14 bits per heavy atom. The summed E-state index contributed by atoms with van der Waals surface area (Å²) in [6, 6.07) is 8.11. The SMILES string of the molecule is Cc1ncc(C(=O)NCc2ccccc2CN(C)C)cn1. The predicted molar refractivity (Wildman–Crippen MR) is 81.8 cm³/mol. The van der Waals surface area contributed by atoms with E-state index >= 15 is 0 Å². The Morgan fingerprint density at radius 2 is 1.76 bits per heavy atom. The van der Waals surface area contributed by atoms with Crippen LogP contribution in [0.4, 0.5) is 0 Å². The molecule has 0 saturated heterocycles. The average molecular weight is 284 g/mol. The molecule has 0 saturated carbocycles. The molecular formula is C16H20N4O. The third-order valence-electron chi connectivity index (χ3n) is 3.09. The Hall–Kier alpha value is -2.27. The van der Waals surface area contributed by atoms with Crippen molar-refractivity contribution in [3.8, 4) is 0 Å². The molecule has 1 aromatic heterocycles. The molecule has 0 unspecified atom stereocenters. The van der Waals surface area contributed by atoms with Crippen LogP contribution in [0.15, 0.2) is 36.7 Å². The summed E-state index contributed by atoms with van der Waals surface area (Å²) in [6.45, 7) is 3.13. The average Bonchev–Trinajstić information content (AvgIpc) is 2.46. The first-order chi connectivity index (χ1) is 10.1. The van der Waals surface area contributed by atoms with Gasteiger partial charge in [0.05, 0.1) is 5.56 Å². The highest BCUT2D eigenvalue weighted by atomic mass is 16.1. The summed E-state index contributed by atoms with van der Waals surface area (Å²) in [5.41, 5.74) is 2.81. The minimum atomic E-state index is -0.158. The summed E-state index contributed by atoms with van der Waals surface area (Å²) in [5, 5.41) is 2.91. The largest absolute Gasteiger partial charge is 0.348 e. The molecule has 0 aliphatic carbocycles. The van der Waals surface area contributed by atoms with Gasteiger partial charge in [-0.3, -0.25) is 4.79 Å². The van der Waals surface area contributed by atoms with Crippen LogP contribution in [0.25, 0.3) is 0 Å². The zero-order valence-corrected chi connectivity index (χ0v) is 12.6. The van der Waals surface area contributed by atoms with Gasteiger partial charge in [-0.05, 0) is 32.1 Å². The number of aromatic nitrogens is 2. The van der Waals surface area contributed by atoms with Crippen LogP contribution in [0.2, 0.25) is 0 Å². The van der Waals surface area contributed by atoms with Crippen molar-refractivity contribution in [2.24, 2.45) is 0 Å². The van der Waals surface area contributed by atoms with Crippen LogP contribution in [-0.2, 0) is 13.1 Å². The van der Waals surface area contributed by atoms with Crippen molar-refractivity contribution in [2.75, 3.05) is 14.1 Å². The van der Waals surface area contributed by atoms with E-state index < -0.39 is 0 Å². The van der Waals surface area contributed by atoms with Gasteiger partial charge in [0.25, 0.3) is 5.91 Å². The number of rotatable bonds is 5. The van der Waals surface area contributed by atoms with E-state index in [4.69, 9.17) is 0 Å². The number of amides is 1. The van der Waals surface area contributed by atoms with Gasteiger partial charge in [0.15, 0.2) is 0 Å². The molecular weight excluding hydrogens is 264 g/mol. The van der Waals surface area contributed by atoms with Gasteiger partial charge in [-0.15, -0.1) is 0 Å². The van der Waals surface area contributed by atoms with Crippen molar-refractivity contribution in [2.45, 2.75) is 20.0 Å². The second-order valence-corrected chi connectivity index (χ2v) is 5.21. The molecule has 0 aliphatic rings. The van der Waals surface area contributed by atoms with E-state index in [9.17, 15) is 4.79 Å². The van der Waals surface area contributed by atoms with Crippen molar-refractivity contribution in [3.63, 3.8) is 0 Å². The number of carbonyl (C=O) groups excluding carboxylic acids is 1. The normalized spacial score (nSPS) is 10.7. The first kappa shape index (κ1) is 15.1. The van der Waals surface area contributed by atoms with Gasteiger partial charge >= 0.3 is 0 Å². The van der Waals surface area contributed by atoms with E-state index in [1.807, 2.05) is 32.3 Å². The van der Waals surface area contributed by atoms with Crippen molar-refractivity contribution < 1.29 is 4.79 Å². The topological polar surface area (TPSA) is 58.1 Å². The number of hydrogen-bond donors (Lipinski definition) is 1. The van der Waals surface area contributed by atoms with E-state index in [1.165, 1.54) is 5.56 Å². The van der Waals surface area contributed by atoms with Gasteiger partial charge in [-0.2, -0.15) is 0 Å². The van der Waals surface area contributed by atoms with Gasteiger partial charge in [-0.1, -0.05) is 24.3 Å². The van der Waals surface area contributed by atoms with E-state index in [0.29, 0.717) is 17.9 Å².